The van der Waals surface area contributed by atoms with Crippen LogP contribution in [0.4, 0.5) is 5.69 Å². The van der Waals surface area contributed by atoms with Crippen LogP contribution in [0.25, 0.3) is 0 Å². The van der Waals surface area contributed by atoms with Crippen LogP contribution in [0.3, 0.4) is 0 Å². The van der Waals surface area contributed by atoms with E-state index in [9.17, 15) is 4.79 Å². The molecule has 0 radical (unpaired) electrons. The van der Waals surface area contributed by atoms with Gasteiger partial charge in [-0.2, -0.15) is 0 Å². The molecule has 92 valence electrons. The number of hydrogen-bond donors (Lipinski definition) is 1. The van der Waals surface area contributed by atoms with E-state index in [0.29, 0.717) is 0 Å². The first kappa shape index (κ1) is 12.1. The van der Waals surface area contributed by atoms with E-state index in [1.54, 1.807) is 6.92 Å². The number of benzene rings is 1. The first-order valence-electron chi connectivity index (χ1n) is 6.35. The lowest BCUT2D eigenvalue weighted by Gasteiger charge is -2.28. The lowest BCUT2D eigenvalue weighted by atomic mass is 10.0. The summed E-state index contributed by atoms with van der Waals surface area (Å²) < 4.78 is 0. The molecule has 0 saturated heterocycles. The number of hydrogen-bond acceptors (Lipinski definition) is 2. The zero-order valence-electron chi connectivity index (χ0n) is 10.4. The van der Waals surface area contributed by atoms with Crippen molar-refractivity contribution >= 4 is 11.6 Å². The second kappa shape index (κ2) is 5.32. The van der Waals surface area contributed by atoms with Crippen molar-refractivity contribution in [1.29, 1.82) is 0 Å². The van der Waals surface area contributed by atoms with Crippen molar-refractivity contribution in [3.63, 3.8) is 0 Å². The fourth-order valence-corrected chi connectivity index (χ4v) is 2.34. The molecule has 1 heterocycles. The molecule has 0 fully saturated rings. The molecule has 1 aliphatic heterocycles. The highest BCUT2D eigenvalue weighted by molar-refractivity contribution is 5.97. The molecule has 0 spiro atoms. The first-order chi connectivity index (χ1) is 8.20. The average Bonchev–Trinajstić information content (AvgIpc) is 2.29. The Bertz CT molecular complexity index is 401. The van der Waals surface area contributed by atoms with Crippen LogP contribution in [-0.4, -0.2) is 18.5 Å². The monoisotopic (exact) mass is 232 g/mol. The SMILES string of the molecule is CC(N)C(=O)N1CCCCCc2ccccc21. The Hall–Kier alpha value is -1.35. The molecule has 1 aliphatic rings. The number of aryl methyl sites for hydroxylation is 1. The summed E-state index contributed by atoms with van der Waals surface area (Å²) in [6.45, 7) is 2.54. The van der Waals surface area contributed by atoms with E-state index in [-0.39, 0.29) is 5.91 Å². The molecule has 1 unspecified atom stereocenters. The van der Waals surface area contributed by atoms with Gasteiger partial charge in [0.2, 0.25) is 5.91 Å². The van der Waals surface area contributed by atoms with E-state index in [1.165, 1.54) is 18.4 Å². The lowest BCUT2D eigenvalue weighted by molar-refractivity contribution is -0.119. The normalized spacial score (nSPS) is 17.9. The van der Waals surface area contributed by atoms with Gasteiger partial charge in [0.25, 0.3) is 0 Å². The number of anilines is 1. The Morgan fingerprint density at radius 2 is 2.06 bits per heavy atom. The zero-order valence-corrected chi connectivity index (χ0v) is 10.4. The van der Waals surface area contributed by atoms with Crippen molar-refractivity contribution in [1.82, 2.24) is 0 Å². The molecule has 0 aliphatic carbocycles. The highest BCUT2D eigenvalue weighted by atomic mass is 16.2. The van der Waals surface area contributed by atoms with Gasteiger partial charge in [-0.1, -0.05) is 24.6 Å². The highest BCUT2D eigenvalue weighted by Crippen LogP contribution is 2.25. The maximum Gasteiger partial charge on any atom is 0.243 e. The molecule has 0 bridgehead atoms. The summed E-state index contributed by atoms with van der Waals surface area (Å²) in [6, 6.07) is 7.74. The summed E-state index contributed by atoms with van der Waals surface area (Å²) in [5.74, 6) is 0.0272. The third kappa shape index (κ3) is 2.67. The molecule has 3 nitrogen and oxygen atoms in total. The fraction of sp³-hybridized carbons (Fsp3) is 0.500. The van der Waals surface area contributed by atoms with Crippen molar-refractivity contribution in [3.8, 4) is 0 Å². The van der Waals surface area contributed by atoms with Gasteiger partial charge in [-0.15, -0.1) is 0 Å². The smallest absolute Gasteiger partial charge is 0.243 e. The number of rotatable bonds is 1. The minimum atomic E-state index is -0.428. The maximum atomic E-state index is 12.1. The van der Waals surface area contributed by atoms with Crippen molar-refractivity contribution < 1.29 is 4.79 Å². The van der Waals surface area contributed by atoms with Crippen molar-refractivity contribution in [2.75, 3.05) is 11.4 Å². The van der Waals surface area contributed by atoms with Crippen LogP contribution in [0, 0.1) is 0 Å². The molecule has 0 aromatic heterocycles. The minimum Gasteiger partial charge on any atom is -0.320 e. The number of nitrogens with zero attached hydrogens (tertiary/aromatic N) is 1. The van der Waals surface area contributed by atoms with Gasteiger partial charge < -0.3 is 10.6 Å². The number of nitrogens with two attached hydrogens (primary N) is 1. The third-order valence-corrected chi connectivity index (χ3v) is 3.27. The number of amides is 1. The Morgan fingerprint density at radius 3 is 2.82 bits per heavy atom. The molecule has 2 rings (SSSR count). The van der Waals surface area contributed by atoms with Gasteiger partial charge in [0.1, 0.15) is 0 Å². The summed E-state index contributed by atoms with van der Waals surface area (Å²) in [6.07, 6.45) is 4.50. The molecule has 1 aromatic carbocycles. The van der Waals surface area contributed by atoms with E-state index in [2.05, 4.69) is 6.07 Å². The van der Waals surface area contributed by atoms with Gasteiger partial charge in [-0.3, -0.25) is 4.79 Å². The molecule has 3 heteroatoms. The average molecular weight is 232 g/mol. The van der Waals surface area contributed by atoms with Gasteiger partial charge in [-0.25, -0.2) is 0 Å². The van der Waals surface area contributed by atoms with E-state index in [1.807, 2.05) is 23.1 Å². The highest BCUT2D eigenvalue weighted by Gasteiger charge is 2.22. The van der Waals surface area contributed by atoms with E-state index >= 15 is 0 Å². The van der Waals surface area contributed by atoms with Crippen molar-refractivity contribution in [2.24, 2.45) is 5.73 Å². The maximum absolute atomic E-state index is 12.1. The quantitative estimate of drug-likeness (QED) is 0.806. The largest absolute Gasteiger partial charge is 0.320 e. The van der Waals surface area contributed by atoms with Crippen LogP contribution < -0.4 is 10.6 Å². The van der Waals surface area contributed by atoms with Crippen LogP contribution in [0.5, 0.6) is 0 Å². The summed E-state index contributed by atoms with van der Waals surface area (Å²) in [5, 5.41) is 0. The molecule has 0 saturated carbocycles. The van der Waals surface area contributed by atoms with Crippen LogP contribution in [0.1, 0.15) is 31.7 Å². The van der Waals surface area contributed by atoms with Crippen molar-refractivity contribution in [2.45, 2.75) is 38.6 Å². The van der Waals surface area contributed by atoms with E-state index in [0.717, 1.165) is 25.1 Å². The van der Waals surface area contributed by atoms with Gasteiger partial charge >= 0.3 is 0 Å². The van der Waals surface area contributed by atoms with E-state index < -0.39 is 6.04 Å². The van der Waals surface area contributed by atoms with Crippen molar-refractivity contribution in [3.05, 3.63) is 29.8 Å². The Balaban J connectivity index is 2.35. The third-order valence-electron chi connectivity index (χ3n) is 3.27. The number of carbonyl (C=O) groups is 1. The van der Waals surface area contributed by atoms with Crippen LogP contribution >= 0.6 is 0 Å². The molecule has 1 aromatic rings. The van der Waals surface area contributed by atoms with Crippen LogP contribution in [0.15, 0.2) is 24.3 Å². The van der Waals surface area contributed by atoms with Gasteiger partial charge in [-0.05, 0) is 37.8 Å². The first-order valence-corrected chi connectivity index (χ1v) is 6.35. The zero-order chi connectivity index (χ0) is 12.3. The molecular formula is C14H20N2O. The predicted molar refractivity (Wildman–Crippen MR) is 70.0 cm³/mol. The van der Waals surface area contributed by atoms with Crippen LogP contribution in [-0.2, 0) is 11.2 Å². The molecule has 2 N–H and O–H groups in total. The number of para-hydroxylation sites is 1. The van der Waals surface area contributed by atoms with Crippen LogP contribution in [0.2, 0.25) is 0 Å². The molecular weight excluding hydrogens is 212 g/mol. The van der Waals surface area contributed by atoms with E-state index in [4.69, 9.17) is 5.73 Å². The standard InChI is InChI=1S/C14H20N2O/c1-11(15)14(17)16-10-6-2-3-7-12-8-4-5-9-13(12)16/h4-5,8-9,11H,2-3,6-7,10,15H2,1H3. The van der Waals surface area contributed by atoms with Gasteiger partial charge in [0.15, 0.2) is 0 Å². The molecule has 1 atom stereocenters. The molecule has 1 amide bonds. The minimum absolute atomic E-state index is 0.0272. The Labute approximate surface area is 103 Å². The second-order valence-corrected chi connectivity index (χ2v) is 4.72. The fourth-order valence-electron chi connectivity index (χ4n) is 2.34. The van der Waals surface area contributed by atoms with Gasteiger partial charge in [0, 0.05) is 12.2 Å². The summed E-state index contributed by atoms with van der Waals surface area (Å²) in [7, 11) is 0. The Kier molecular flexibility index (Phi) is 3.79. The number of fused-ring (bicyclic) bond motifs is 1. The summed E-state index contributed by atoms with van der Waals surface area (Å²) in [4.78, 5) is 14.0. The predicted octanol–water partition coefficient (Wildman–Crippen LogP) is 2.09. The summed E-state index contributed by atoms with van der Waals surface area (Å²) >= 11 is 0. The summed E-state index contributed by atoms with van der Waals surface area (Å²) in [5.41, 5.74) is 8.04. The Morgan fingerprint density at radius 1 is 1.29 bits per heavy atom. The molecule has 17 heavy (non-hydrogen) atoms. The number of carbonyl (C=O) groups excluding carboxylic acids is 1. The lowest BCUT2D eigenvalue weighted by Crippen LogP contribution is -2.43. The second-order valence-electron chi connectivity index (χ2n) is 4.72. The van der Waals surface area contributed by atoms with Gasteiger partial charge in [0.05, 0.1) is 6.04 Å². The topological polar surface area (TPSA) is 46.3 Å².